The molecule has 1 aliphatic heterocycles. The molecule has 2 heterocycles. The molecule has 0 unspecified atom stereocenters. The minimum absolute atomic E-state index is 0.151. The Kier molecular flexibility index (Phi) is 6.73. The Morgan fingerprint density at radius 3 is 2.53 bits per heavy atom. The number of piperidine rings is 1. The van der Waals surface area contributed by atoms with Crippen LogP contribution in [0.4, 0.5) is 5.69 Å². The van der Waals surface area contributed by atoms with Crippen LogP contribution in [0.1, 0.15) is 30.0 Å². The monoisotopic (exact) mass is 495 g/mol. The van der Waals surface area contributed by atoms with E-state index in [4.69, 9.17) is 0 Å². The lowest BCUT2D eigenvalue weighted by atomic mass is 10.1. The summed E-state index contributed by atoms with van der Waals surface area (Å²) in [4.78, 5) is 0.169. The quantitative estimate of drug-likeness (QED) is 0.415. The fourth-order valence-electron chi connectivity index (χ4n) is 4.49. The van der Waals surface area contributed by atoms with Gasteiger partial charge in [0.15, 0.2) is 0 Å². The van der Waals surface area contributed by atoms with Crippen LogP contribution in [0.15, 0.2) is 83.9 Å². The molecule has 36 heavy (non-hydrogen) atoms. The molecule has 3 aromatic carbocycles. The number of anilines is 1. The Labute approximate surface area is 211 Å². The summed E-state index contributed by atoms with van der Waals surface area (Å²) in [5, 5.41) is 18.2. The number of aromatic nitrogens is 2. The van der Waals surface area contributed by atoms with E-state index in [-0.39, 0.29) is 17.5 Å². The predicted octanol–water partition coefficient (Wildman–Crippen LogP) is 4.40. The van der Waals surface area contributed by atoms with Gasteiger partial charge in [0.2, 0.25) is 10.0 Å². The summed E-state index contributed by atoms with van der Waals surface area (Å²) < 4.78 is 30.4. The minimum atomic E-state index is -3.70. The van der Waals surface area contributed by atoms with Crippen molar-refractivity contribution in [3.63, 3.8) is 0 Å². The topological polar surface area (TPSA) is 91.0 Å². The molecule has 0 atom stereocenters. The molecule has 1 saturated heterocycles. The van der Waals surface area contributed by atoms with Gasteiger partial charge in [0.25, 0.3) is 0 Å². The Morgan fingerprint density at radius 2 is 1.75 bits per heavy atom. The van der Waals surface area contributed by atoms with Gasteiger partial charge in [-0.3, -0.25) is 4.68 Å². The van der Waals surface area contributed by atoms with Crippen LogP contribution >= 0.6 is 0 Å². The van der Waals surface area contributed by atoms with E-state index in [1.165, 1.54) is 16.4 Å². The van der Waals surface area contributed by atoms with Crippen LogP contribution in [0.25, 0.3) is 10.9 Å². The standard InChI is InChI=1S/C28H25N5O2S/c29-20-23-12-13-26(19-27(23)30-16-6-9-22-7-2-1-3-8-22)36(34,35)32-17-14-25(15-18-32)33-28-11-5-4-10-24(28)21-31-33/h1-5,7-8,10-13,19,21,25,30H,14-18H2. The lowest BCUT2D eigenvalue weighted by Gasteiger charge is -2.31. The molecule has 180 valence electrons. The number of hydrogen-bond acceptors (Lipinski definition) is 5. The maximum atomic E-state index is 13.4. The molecule has 5 rings (SSSR count). The molecule has 4 aromatic rings. The maximum Gasteiger partial charge on any atom is 0.243 e. The number of nitrogens with one attached hydrogen (secondary N) is 1. The van der Waals surface area contributed by atoms with Gasteiger partial charge in [0, 0.05) is 24.0 Å². The highest BCUT2D eigenvalue weighted by atomic mass is 32.2. The van der Waals surface area contributed by atoms with E-state index in [0.717, 1.165) is 16.5 Å². The highest BCUT2D eigenvalue weighted by molar-refractivity contribution is 7.89. The third-order valence-corrected chi connectivity index (χ3v) is 8.29. The highest BCUT2D eigenvalue weighted by Gasteiger charge is 2.31. The highest BCUT2D eigenvalue weighted by Crippen LogP contribution is 2.30. The van der Waals surface area contributed by atoms with Crippen LogP contribution in [0.3, 0.4) is 0 Å². The van der Waals surface area contributed by atoms with E-state index < -0.39 is 10.0 Å². The molecule has 0 amide bonds. The molecule has 0 saturated carbocycles. The molecule has 7 nitrogen and oxygen atoms in total. The van der Waals surface area contributed by atoms with E-state index in [0.29, 0.717) is 37.2 Å². The van der Waals surface area contributed by atoms with Gasteiger partial charge in [0.05, 0.1) is 40.4 Å². The summed E-state index contributed by atoms with van der Waals surface area (Å²) in [5.74, 6) is 6.06. The van der Waals surface area contributed by atoms with E-state index >= 15 is 0 Å². The zero-order valence-electron chi connectivity index (χ0n) is 19.6. The number of hydrogen-bond donors (Lipinski definition) is 1. The lowest BCUT2D eigenvalue weighted by molar-refractivity contribution is 0.265. The van der Waals surface area contributed by atoms with Crippen molar-refractivity contribution in [1.82, 2.24) is 14.1 Å². The van der Waals surface area contributed by atoms with Gasteiger partial charge < -0.3 is 5.32 Å². The summed E-state index contributed by atoms with van der Waals surface area (Å²) in [5.41, 5.74) is 2.79. The summed E-state index contributed by atoms with van der Waals surface area (Å²) in [6.45, 7) is 1.11. The van der Waals surface area contributed by atoms with Crippen molar-refractivity contribution < 1.29 is 8.42 Å². The fourth-order valence-corrected chi connectivity index (χ4v) is 5.99. The average molecular weight is 496 g/mol. The number of nitrogens with zero attached hydrogens (tertiary/aromatic N) is 4. The first-order valence-corrected chi connectivity index (χ1v) is 13.2. The normalized spacial score (nSPS) is 14.6. The van der Waals surface area contributed by atoms with Gasteiger partial charge in [-0.25, -0.2) is 8.42 Å². The molecule has 0 spiro atoms. The van der Waals surface area contributed by atoms with Crippen LogP contribution in [-0.4, -0.2) is 42.1 Å². The van der Waals surface area contributed by atoms with E-state index in [2.05, 4.69) is 28.3 Å². The van der Waals surface area contributed by atoms with E-state index in [1.807, 2.05) is 65.5 Å². The molecule has 0 aliphatic carbocycles. The molecular weight excluding hydrogens is 470 g/mol. The van der Waals surface area contributed by atoms with Gasteiger partial charge in [0.1, 0.15) is 6.07 Å². The largest absolute Gasteiger partial charge is 0.373 e. The maximum absolute atomic E-state index is 13.4. The summed E-state index contributed by atoms with van der Waals surface area (Å²) in [7, 11) is -3.70. The van der Waals surface area contributed by atoms with Crippen LogP contribution in [0.2, 0.25) is 0 Å². The lowest BCUT2D eigenvalue weighted by Crippen LogP contribution is -2.39. The molecule has 1 fully saturated rings. The number of nitriles is 1. The summed E-state index contributed by atoms with van der Waals surface area (Å²) >= 11 is 0. The smallest absolute Gasteiger partial charge is 0.243 e. The second-order valence-corrected chi connectivity index (χ2v) is 10.6. The van der Waals surface area contributed by atoms with Crippen molar-refractivity contribution in [1.29, 1.82) is 5.26 Å². The Morgan fingerprint density at radius 1 is 1.00 bits per heavy atom. The van der Waals surface area contributed by atoms with Crippen molar-refractivity contribution in [2.45, 2.75) is 23.8 Å². The Balaban J connectivity index is 1.29. The molecule has 1 aromatic heterocycles. The molecule has 8 heteroatoms. The molecule has 1 aliphatic rings. The predicted molar refractivity (Wildman–Crippen MR) is 140 cm³/mol. The van der Waals surface area contributed by atoms with Crippen LogP contribution in [0.5, 0.6) is 0 Å². The summed E-state index contributed by atoms with van der Waals surface area (Å²) in [6.07, 6.45) is 3.22. The number of fused-ring (bicyclic) bond motifs is 1. The van der Waals surface area contributed by atoms with Crippen LogP contribution < -0.4 is 5.32 Å². The van der Waals surface area contributed by atoms with E-state index in [1.54, 1.807) is 6.07 Å². The van der Waals surface area contributed by atoms with Crippen LogP contribution in [-0.2, 0) is 10.0 Å². The molecule has 0 radical (unpaired) electrons. The Bertz CT molecular complexity index is 1590. The SMILES string of the molecule is N#Cc1ccc(S(=O)(=O)N2CCC(n3ncc4ccccc43)CC2)cc1NCC#Cc1ccccc1. The van der Waals surface area contributed by atoms with Crippen LogP contribution in [0, 0.1) is 23.2 Å². The first-order valence-electron chi connectivity index (χ1n) is 11.8. The number of sulfonamides is 1. The van der Waals surface area contributed by atoms with Gasteiger partial charge in [-0.15, -0.1) is 0 Å². The van der Waals surface area contributed by atoms with Gasteiger partial charge in [-0.2, -0.15) is 14.7 Å². The van der Waals surface area contributed by atoms with Crippen molar-refractivity contribution in [3.05, 3.63) is 90.1 Å². The molecular formula is C28H25N5O2S. The zero-order chi connectivity index (χ0) is 25.0. The number of para-hydroxylation sites is 1. The number of benzene rings is 3. The van der Waals surface area contributed by atoms with Gasteiger partial charge in [-0.1, -0.05) is 48.2 Å². The van der Waals surface area contributed by atoms with Crippen molar-refractivity contribution >= 4 is 26.6 Å². The zero-order valence-corrected chi connectivity index (χ0v) is 20.4. The fraction of sp³-hybridized carbons (Fsp3) is 0.214. The number of rotatable bonds is 5. The second-order valence-electron chi connectivity index (χ2n) is 8.62. The molecule has 0 bridgehead atoms. The van der Waals surface area contributed by atoms with Gasteiger partial charge >= 0.3 is 0 Å². The minimum Gasteiger partial charge on any atom is -0.373 e. The third kappa shape index (κ3) is 4.83. The summed E-state index contributed by atoms with van der Waals surface area (Å²) in [6, 6.07) is 24.5. The van der Waals surface area contributed by atoms with Crippen molar-refractivity contribution in [2.24, 2.45) is 0 Å². The van der Waals surface area contributed by atoms with Crippen molar-refractivity contribution in [2.75, 3.05) is 25.0 Å². The average Bonchev–Trinajstić information content (AvgIpc) is 3.36. The first-order chi connectivity index (χ1) is 17.6. The van der Waals surface area contributed by atoms with Crippen molar-refractivity contribution in [3.8, 4) is 17.9 Å². The second kappa shape index (κ2) is 10.2. The van der Waals surface area contributed by atoms with Gasteiger partial charge in [-0.05, 0) is 49.2 Å². The Hall–Kier alpha value is -4.11. The van der Waals surface area contributed by atoms with E-state index in [9.17, 15) is 13.7 Å². The third-order valence-electron chi connectivity index (χ3n) is 6.40. The first kappa shape index (κ1) is 23.6. The molecule has 1 N–H and O–H groups in total.